The monoisotopic (exact) mass is 278 g/mol. The Morgan fingerprint density at radius 1 is 1.47 bits per heavy atom. The number of hydrogen-bond donors (Lipinski definition) is 1. The predicted molar refractivity (Wildman–Crippen MR) is 81.7 cm³/mol. The van der Waals surface area contributed by atoms with Gasteiger partial charge in [0.2, 0.25) is 5.91 Å². The average Bonchev–Trinajstić information content (AvgIpc) is 2.39. The number of hydrogen-bond acceptors (Lipinski definition) is 3. The van der Waals surface area contributed by atoms with E-state index in [4.69, 9.17) is 0 Å². The third kappa shape index (κ3) is 4.25. The standard InChI is InChI=1S/C15H22N2OS/c1-12-6-5-9-17(10-12)11-15(18)16-13-7-3-4-8-14(13)19-2/h3-4,7-8,12H,5-6,9-11H2,1-2H3,(H,16,18). The molecule has 0 radical (unpaired) electrons. The Morgan fingerprint density at radius 2 is 2.26 bits per heavy atom. The van der Waals surface area contributed by atoms with Gasteiger partial charge in [-0.1, -0.05) is 19.1 Å². The first-order valence-electron chi connectivity index (χ1n) is 6.84. The highest BCUT2D eigenvalue weighted by molar-refractivity contribution is 7.98. The van der Waals surface area contributed by atoms with Crippen molar-refractivity contribution in [2.45, 2.75) is 24.7 Å². The van der Waals surface area contributed by atoms with Gasteiger partial charge in [-0.05, 0) is 43.7 Å². The molecule has 19 heavy (non-hydrogen) atoms. The number of thioether (sulfide) groups is 1. The Labute approximate surface area is 119 Å². The number of carbonyl (C=O) groups excluding carboxylic acids is 1. The molecular formula is C15H22N2OS. The summed E-state index contributed by atoms with van der Waals surface area (Å²) >= 11 is 1.66. The molecule has 0 spiro atoms. The molecule has 3 nitrogen and oxygen atoms in total. The summed E-state index contributed by atoms with van der Waals surface area (Å²) in [4.78, 5) is 15.5. The van der Waals surface area contributed by atoms with Gasteiger partial charge in [0, 0.05) is 11.4 Å². The molecule has 4 heteroatoms. The largest absolute Gasteiger partial charge is 0.324 e. The molecule has 0 saturated carbocycles. The minimum absolute atomic E-state index is 0.0931. The molecule has 1 aliphatic heterocycles. The van der Waals surface area contributed by atoms with Gasteiger partial charge in [0.15, 0.2) is 0 Å². The summed E-state index contributed by atoms with van der Waals surface area (Å²) < 4.78 is 0. The summed E-state index contributed by atoms with van der Waals surface area (Å²) in [6.45, 7) is 4.85. The van der Waals surface area contributed by atoms with Crippen LogP contribution in [-0.4, -0.2) is 36.7 Å². The number of nitrogens with one attached hydrogen (secondary N) is 1. The number of carbonyl (C=O) groups is 1. The minimum Gasteiger partial charge on any atom is -0.324 e. The Bertz CT molecular complexity index is 436. The molecule has 0 aromatic heterocycles. The number of anilines is 1. The van der Waals surface area contributed by atoms with Crippen LogP contribution in [0.3, 0.4) is 0 Å². The van der Waals surface area contributed by atoms with Gasteiger partial charge in [0.1, 0.15) is 0 Å². The molecule has 1 fully saturated rings. The number of amides is 1. The third-order valence-corrected chi connectivity index (χ3v) is 4.29. The lowest BCUT2D eigenvalue weighted by atomic mass is 10.0. The van der Waals surface area contributed by atoms with Crippen molar-refractivity contribution in [1.29, 1.82) is 0 Å². The van der Waals surface area contributed by atoms with Crippen LogP contribution in [0.15, 0.2) is 29.2 Å². The molecule has 1 aliphatic rings. The van der Waals surface area contributed by atoms with Crippen LogP contribution in [-0.2, 0) is 4.79 Å². The van der Waals surface area contributed by atoms with E-state index in [0.717, 1.165) is 23.7 Å². The van der Waals surface area contributed by atoms with Crippen molar-refractivity contribution in [3.8, 4) is 0 Å². The van der Waals surface area contributed by atoms with Crippen LogP contribution >= 0.6 is 11.8 Å². The second kappa shape index (κ2) is 6.96. The summed E-state index contributed by atoms with van der Waals surface area (Å²) in [5.74, 6) is 0.802. The second-order valence-electron chi connectivity index (χ2n) is 5.23. The van der Waals surface area contributed by atoms with Crippen LogP contribution in [0.4, 0.5) is 5.69 Å². The first-order chi connectivity index (χ1) is 9.19. The lowest BCUT2D eigenvalue weighted by molar-refractivity contribution is -0.117. The zero-order valence-electron chi connectivity index (χ0n) is 11.7. The highest BCUT2D eigenvalue weighted by atomic mass is 32.2. The summed E-state index contributed by atoms with van der Waals surface area (Å²) in [5, 5.41) is 3.02. The molecule has 1 atom stereocenters. The van der Waals surface area contributed by atoms with Crippen molar-refractivity contribution in [2.75, 3.05) is 31.2 Å². The molecule has 0 bridgehead atoms. The van der Waals surface area contributed by atoms with E-state index < -0.39 is 0 Å². The quantitative estimate of drug-likeness (QED) is 0.859. The highest BCUT2D eigenvalue weighted by Gasteiger charge is 2.18. The van der Waals surface area contributed by atoms with Gasteiger partial charge < -0.3 is 5.32 Å². The predicted octanol–water partition coefficient (Wildman–Crippen LogP) is 3.08. The van der Waals surface area contributed by atoms with Crippen LogP contribution < -0.4 is 5.32 Å². The molecule has 1 amide bonds. The average molecular weight is 278 g/mol. The molecule has 1 N–H and O–H groups in total. The normalized spacial score (nSPS) is 20.2. The van der Waals surface area contributed by atoms with Crippen molar-refractivity contribution >= 4 is 23.4 Å². The maximum absolute atomic E-state index is 12.1. The number of benzene rings is 1. The van der Waals surface area contributed by atoms with Crippen LogP contribution in [0.1, 0.15) is 19.8 Å². The molecule has 2 rings (SSSR count). The molecule has 1 aromatic carbocycles. The first-order valence-corrected chi connectivity index (χ1v) is 8.06. The lowest BCUT2D eigenvalue weighted by Crippen LogP contribution is -2.39. The summed E-state index contributed by atoms with van der Waals surface area (Å²) in [6, 6.07) is 7.94. The third-order valence-electron chi connectivity index (χ3n) is 3.49. The van der Waals surface area contributed by atoms with Gasteiger partial charge in [0.25, 0.3) is 0 Å². The van der Waals surface area contributed by atoms with E-state index in [2.05, 4.69) is 17.1 Å². The SMILES string of the molecule is CSc1ccccc1NC(=O)CN1CCCC(C)C1. The van der Waals surface area contributed by atoms with Gasteiger partial charge in [-0.3, -0.25) is 9.69 Å². The molecule has 1 aromatic rings. The Hall–Kier alpha value is -1.00. The van der Waals surface area contributed by atoms with Gasteiger partial charge in [-0.15, -0.1) is 11.8 Å². The number of rotatable bonds is 4. The molecule has 1 saturated heterocycles. The topological polar surface area (TPSA) is 32.3 Å². The van der Waals surface area contributed by atoms with E-state index >= 15 is 0 Å². The van der Waals surface area contributed by atoms with E-state index in [0.29, 0.717) is 12.5 Å². The highest BCUT2D eigenvalue weighted by Crippen LogP contribution is 2.24. The Balaban J connectivity index is 1.90. The fourth-order valence-electron chi connectivity index (χ4n) is 2.57. The maximum Gasteiger partial charge on any atom is 0.238 e. The Kier molecular flexibility index (Phi) is 5.28. The van der Waals surface area contributed by atoms with Crippen molar-refractivity contribution in [1.82, 2.24) is 4.90 Å². The van der Waals surface area contributed by atoms with Crippen LogP contribution in [0.2, 0.25) is 0 Å². The first kappa shape index (κ1) is 14.4. The maximum atomic E-state index is 12.1. The van der Waals surface area contributed by atoms with Crippen molar-refractivity contribution in [2.24, 2.45) is 5.92 Å². The molecule has 0 aliphatic carbocycles. The van der Waals surface area contributed by atoms with E-state index in [1.807, 2.05) is 30.5 Å². The van der Waals surface area contributed by atoms with Crippen LogP contribution in [0.5, 0.6) is 0 Å². The van der Waals surface area contributed by atoms with Crippen molar-refractivity contribution in [3.63, 3.8) is 0 Å². The van der Waals surface area contributed by atoms with Gasteiger partial charge in [0.05, 0.1) is 12.2 Å². The number of nitrogens with zero attached hydrogens (tertiary/aromatic N) is 1. The van der Waals surface area contributed by atoms with Crippen molar-refractivity contribution < 1.29 is 4.79 Å². The number of piperidine rings is 1. The van der Waals surface area contributed by atoms with Gasteiger partial charge >= 0.3 is 0 Å². The number of para-hydroxylation sites is 1. The van der Waals surface area contributed by atoms with Crippen LogP contribution in [0, 0.1) is 5.92 Å². The zero-order chi connectivity index (χ0) is 13.7. The van der Waals surface area contributed by atoms with E-state index in [1.54, 1.807) is 11.8 Å². The molecule has 1 unspecified atom stereocenters. The molecule has 1 heterocycles. The van der Waals surface area contributed by atoms with Crippen LogP contribution in [0.25, 0.3) is 0 Å². The fraction of sp³-hybridized carbons (Fsp3) is 0.533. The summed E-state index contributed by atoms with van der Waals surface area (Å²) in [7, 11) is 0. The van der Waals surface area contributed by atoms with Gasteiger partial charge in [-0.25, -0.2) is 0 Å². The zero-order valence-corrected chi connectivity index (χ0v) is 12.5. The smallest absolute Gasteiger partial charge is 0.238 e. The van der Waals surface area contributed by atoms with Gasteiger partial charge in [-0.2, -0.15) is 0 Å². The Morgan fingerprint density at radius 3 is 3.00 bits per heavy atom. The van der Waals surface area contributed by atoms with Crippen molar-refractivity contribution in [3.05, 3.63) is 24.3 Å². The molecule has 104 valence electrons. The summed E-state index contributed by atoms with van der Waals surface area (Å²) in [5.41, 5.74) is 0.921. The molecular weight excluding hydrogens is 256 g/mol. The van der Waals surface area contributed by atoms with E-state index in [9.17, 15) is 4.79 Å². The second-order valence-corrected chi connectivity index (χ2v) is 6.08. The van der Waals surface area contributed by atoms with E-state index in [-0.39, 0.29) is 5.91 Å². The summed E-state index contributed by atoms with van der Waals surface area (Å²) in [6.07, 6.45) is 4.51. The number of likely N-dealkylation sites (tertiary alicyclic amines) is 1. The van der Waals surface area contributed by atoms with E-state index in [1.165, 1.54) is 12.8 Å². The minimum atomic E-state index is 0.0931. The fourth-order valence-corrected chi connectivity index (χ4v) is 3.12. The lowest BCUT2D eigenvalue weighted by Gasteiger charge is -2.30.